The van der Waals surface area contributed by atoms with Crippen LogP contribution in [-0.4, -0.2) is 38.2 Å². The number of rotatable bonds is 5. The second-order valence-electron chi connectivity index (χ2n) is 5.97. The van der Waals surface area contributed by atoms with E-state index >= 15 is 0 Å². The van der Waals surface area contributed by atoms with Crippen molar-refractivity contribution in [3.8, 4) is 5.75 Å². The number of ether oxygens (including phenoxy) is 1. The van der Waals surface area contributed by atoms with Crippen LogP contribution in [0.25, 0.3) is 0 Å². The van der Waals surface area contributed by atoms with Gasteiger partial charge in [0, 0.05) is 18.6 Å². The summed E-state index contributed by atoms with van der Waals surface area (Å²) < 4.78 is 5.23. The highest BCUT2D eigenvalue weighted by molar-refractivity contribution is 5.29. The van der Waals surface area contributed by atoms with Crippen molar-refractivity contribution in [1.82, 2.24) is 10.2 Å². The highest BCUT2D eigenvalue weighted by Crippen LogP contribution is 2.26. The Morgan fingerprint density at radius 3 is 2.60 bits per heavy atom. The number of hydrogen-bond acceptors (Lipinski definition) is 3. The third-order valence-corrected chi connectivity index (χ3v) is 4.79. The molecular formula is C17H28N2O. The third kappa shape index (κ3) is 3.53. The fourth-order valence-corrected chi connectivity index (χ4v) is 3.11. The van der Waals surface area contributed by atoms with Crippen LogP contribution in [0, 0.1) is 5.92 Å². The van der Waals surface area contributed by atoms with E-state index < -0.39 is 0 Å². The second kappa shape index (κ2) is 7.09. The predicted octanol–water partition coefficient (Wildman–Crippen LogP) is 3.08. The van der Waals surface area contributed by atoms with E-state index in [0.29, 0.717) is 12.1 Å². The Morgan fingerprint density at radius 2 is 2.00 bits per heavy atom. The molecule has 1 N–H and O–H groups in total. The van der Waals surface area contributed by atoms with Crippen LogP contribution in [0.5, 0.6) is 5.75 Å². The van der Waals surface area contributed by atoms with Crippen LogP contribution < -0.4 is 10.1 Å². The summed E-state index contributed by atoms with van der Waals surface area (Å²) in [6.45, 7) is 7.04. The van der Waals surface area contributed by atoms with Gasteiger partial charge in [-0.25, -0.2) is 0 Å². The van der Waals surface area contributed by atoms with E-state index in [4.69, 9.17) is 4.74 Å². The Labute approximate surface area is 123 Å². The van der Waals surface area contributed by atoms with Crippen LogP contribution in [0.2, 0.25) is 0 Å². The molecule has 0 radical (unpaired) electrons. The SMILES string of the molecule is CNC(CN1CCCC(C)C1C)c1ccc(OC)cc1. The maximum absolute atomic E-state index is 5.23. The quantitative estimate of drug-likeness (QED) is 0.894. The molecule has 0 spiro atoms. The Bertz CT molecular complexity index is 404. The topological polar surface area (TPSA) is 24.5 Å². The standard InChI is InChI=1S/C17H28N2O/c1-13-6-5-11-19(14(13)2)12-17(18-3)15-7-9-16(20-4)10-8-15/h7-10,13-14,17-18H,5-6,11-12H2,1-4H3. The molecule has 1 saturated heterocycles. The summed E-state index contributed by atoms with van der Waals surface area (Å²) in [5.41, 5.74) is 1.33. The molecule has 3 heteroatoms. The highest BCUT2D eigenvalue weighted by atomic mass is 16.5. The number of methoxy groups -OCH3 is 1. The van der Waals surface area contributed by atoms with E-state index in [2.05, 4.69) is 36.2 Å². The summed E-state index contributed by atoms with van der Waals surface area (Å²) in [5, 5.41) is 3.46. The molecule has 3 atom stereocenters. The predicted molar refractivity (Wildman–Crippen MR) is 84.2 cm³/mol. The van der Waals surface area contributed by atoms with Gasteiger partial charge in [0.25, 0.3) is 0 Å². The molecule has 112 valence electrons. The molecule has 3 nitrogen and oxygen atoms in total. The normalized spacial score (nSPS) is 25.4. The van der Waals surface area contributed by atoms with Crippen LogP contribution >= 0.6 is 0 Å². The fourth-order valence-electron chi connectivity index (χ4n) is 3.11. The molecule has 1 heterocycles. The summed E-state index contributed by atoms with van der Waals surface area (Å²) in [6, 6.07) is 9.48. The Balaban J connectivity index is 2.03. The zero-order valence-corrected chi connectivity index (χ0v) is 13.2. The monoisotopic (exact) mass is 276 g/mol. The van der Waals surface area contributed by atoms with E-state index in [-0.39, 0.29) is 0 Å². The van der Waals surface area contributed by atoms with Gasteiger partial charge in [-0.15, -0.1) is 0 Å². The van der Waals surface area contributed by atoms with Crippen molar-refractivity contribution in [1.29, 1.82) is 0 Å². The maximum Gasteiger partial charge on any atom is 0.118 e. The number of hydrogen-bond donors (Lipinski definition) is 1. The largest absolute Gasteiger partial charge is 0.497 e. The number of piperidine rings is 1. The number of likely N-dealkylation sites (tertiary alicyclic amines) is 1. The molecule has 2 rings (SSSR count). The minimum atomic E-state index is 0.383. The van der Waals surface area contributed by atoms with Crippen molar-refractivity contribution < 1.29 is 4.74 Å². The number of likely N-dealkylation sites (N-methyl/N-ethyl adjacent to an activating group) is 1. The first-order chi connectivity index (χ1) is 9.65. The lowest BCUT2D eigenvalue weighted by Crippen LogP contribution is -2.45. The summed E-state index contributed by atoms with van der Waals surface area (Å²) in [7, 11) is 3.76. The molecule has 1 aliphatic heterocycles. The number of benzene rings is 1. The first-order valence-electron chi connectivity index (χ1n) is 7.71. The summed E-state index contributed by atoms with van der Waals surface area (Å²) in [5.74, 6) is 1.72. The van der Waals surface area contributed by atoms with Crippen LogP contribution in [0.4, 0.5) is 0 Å². The van der Waals surface area contributed by atoms with Crippen LogP contribution in [0.1, 0.15) is 38.3 Å². The molecule has 3 unspecified atom stereocenters. The Kier molecular flexibility index (Phi) is 5.44. The van der Waals surface area contributed by atoms with E-state index in [1.54, 1.807) is 7.11 Å². The van der Waals surface area contributed by atoms with Gasteiger partial charge >= 0.3 is 0 Å². The first kappa shape index (κ1) is 15.3. The molecule has 0 aromatic heterocycles. The molecule has 1 fully saturated rings. The molecule has 1 aromatic carbocycles. The molecular weight excluding hydrogens is 248 g/mol. The zero-order chi connectivity index (χ0) is 14.5. The summed E-state index contributed by atoms with van der Waals surface area (Å²) >= 11 is 0. The Hall–Kier alpha value is -1.06. The summed E-state index contributed by atoms with van der Waals surface area (Å²) in [6.07, 6.45) is 2.69. The van der Waals surface area contributed by atoms with Crippen molar-refractivity contribution in [2.75, 3.05) is 27.2 Å². The van der Waals surface area contributed by atoms with Gasteiger partial charge in [0.15, 0.2) is 0 Å². The van der Waals surface area contributed by atoms with Gasteiger partial charge in [-0.05, 0) is 57.0 Å². The van der Waals surface area contributed by atoms with E-state index in [1.165, 1.54) is 24.9 Å². The van der Waals surface area contributed by atoms with Gasteiger partial charge in [0.05, 0.1) is 7.11 Å². The van der Waals surface area contributed by atoms with Crippen molar-refractivity contribution in [3.63, 3.8) is 0 Å². The van der Waals surface area contributed by atoms with Crippen molar-refractivity contribution in [2.45, 2.75) is 38.8 Å². The van der Waals surface area contributed by atoms with Gasteiger partial charge in [0.2, 0.25) is 0 Å². The van der Waals surface area contributed by atoms with Gasteiger partial charge in [-0.1, -0.05) is 19.1 Å². The molecule has 1 aliphatic rings. The molecule has 0 bridgehead atoms. The second-order valence-corrected chi connectivity index (χ2v) is 5.97. The lowest BCUT2D eigenvalue weighted by atomic mass is 9.91. The zero-order valence-electron chi connectivity index (χ0n) is 13.2. The van der Waals surface area contributed by atoms with Crippen LogP contribution in [0.3, 0.4) is 0 Å². The van der Waals surface area contributed by atoms with Gasteiger partial charge < -0.3 is 10.1 Å². The average Bonchev–Trinajstić information content (AvgIpc) is 2.49. The maximum atomic E-state index is 5.23. The lowest BCUT2D eigenvalue weighted by Gasteiger charge is -2.39. The average molecular weight is 276 g/mol. The van der Waals surface area contributed by atoms with Crippen molar-refractivity contribution in [3.05, 3.63) is 29.8 Å². The van der Waals surface area contributed by atoms with E-state index in [0.717, 1.165) is 18.2 Å². The van der Waals surface area contributed by atoms with E-state index in [1.807, 2.05) is 19.2 Å². The van der Waals surface area contributed by atoms with Gasteiger partial charge in [-0.3, -0.25) is 4.90 Å². The van der Waals surface area contributed by atoms with Gasteiger partial charge in [0.1, 0.15) is 5.75 Å². The fraction of sp³-hybridized carbons (Fsp3) is 0.647. The number of nitrogens with one attached hydrogen (secondary N) is 1. The molecule has 0 aliphatic carbocycles. The molecule has 1 aromatic rings. The first-order valence-corrected chi connectivity index (χ1v) is 7.71. The summed E-state index contributed by atoms with van der Waals surface area (Å²) in [4.78, 5) is 2.62. The molecule has 20 heavy (non-hydrogen) atoms. The molecule has 0 amide bonds. The molecule has 0 saturated carbocycles. The number of nitrogens with zero attached hydrogens (tertiary/aromatic N) is 1. The van der Waals surface area contributed by atoms with E-state index in [9.17, 15) is 0 Å². The Morgan fingerprint density at radius 1 is 1.30 bits per heavy atom. The van der Waals surface area contributed by atoms with Crippen LogP contribution in [0.15, 0.2) is 24.3 Å². The van der Waals surface area contributed by atoms with Crippen molar-refractivity contribution >= 4 is 0 Å². The van der Waals surface area contributed by atoms with Crippen molar-refractivity contribution in [2.24, 2.45) is 5.92 Å². The lowest BCUT2D eigenvalue weighted by molar-refractivity contribution is 0.103. The minimum Gasteiger partial charge on any atom is -0.497 e. The third-order valence-electron chi connectivity index (χ3n) is 4.79. The highest BCUT2D eigenvalue weighted by Gasteiger charge is 2.26. The minimum absolute atomic E-state index is 0.383. The smallest absolute Gasteiger partial charge is 0.118 e. The van der Waals surface area contributed by atoms with Gasteiger partial charge in [-0.2, -0.15) is 0 Å². The van der Waals surface area contributed by atoms with Crippen LogP contribution in [-0.2, 0) is 0 Å².